The maximum absolute atomic E-state index is 14.8. The monoisotopic (exact) mass is 435 g/mol. The normalized spacial score (nSPS) is 20.8. The molecule has 2 heterocycles. The first kappa shape index (κ1) is 22.7. The molecule has 1 aromatic heterocycles. The van der Waals surface area contributed by atoms with Gasteiger partial charge in [-0.3, -0.25) is 9.79 Å². The number of benzene rings is 1. The fourth-order valence-corrected chi connectivity index (χ4v) is 3.78. The molecule has 0 unspecified atom stereocenters. The first-order chi connectivity index (χ1) is 14.5. The number of nitrogens with zero attached hydrogens (tertiary/aromatic N) is 2. The topological polar surface area (TPSA) is 86.8 Å². The van der Waals surface area contributed by atoms with Gasteiger partial charge in [-0.15, -0.1) is 0 Å². The number of carbonyl (C=O) groups is 1. The van der Waals surface area contributed by atoms with E-state index in [2.05, 4.69) is 14.7 Å². The summed E-state index contributed by atoms with van der Waals surface area (Å²) in [5.74, 6) is -0.681. The molecule has 1 aliphatic heterocycles. The first-order valence-corrected chi connectivity index (χ1v) is 9.69. The summed E-state index contributed by atoms with van der Waals surface area (Å²) in [7, 11) is 0. The zero-order valence-corrected chi connectivity index (χ0v) is 17.5. The summed E-state index contributed by atoms with van der Waals surface area (Å²) in [5.41, 5.74) is 5.35. The average molecular weight is 435 g/mol. The molecule has 0 bridgehead atoms. The second kappa shape index (κ2) is 8.66. The molecule has 0 saturated carbocycles. The van der Waals surface area contributed by atoms with Crippen molar-refractivity contribution in [2.75, 3.05) is 6.61 Å². The Morgan fingerprint density at radius 1 is 1.26 bits per heavy atom. The summed E-state index contributed by atoms with van der Waals surface area (Å²) in [4.78, 5) is 21.0. The number of aromatic nitrogens is 1. The van der Waals surface area contributed by atoms with Crippen LogP contribution in [-0.2, 0) is 16.7 Å². The lowest BCUT2D eigenvalue weighted by Gasteiger charge is -2.33. The Balaban J connectivity index is 1.85. The molecule has 6 nitrogen and oxygen atoms in total. The summed E-state index contributed by atoms with van der Waals surface area (Å²) in [6, 6.07) is 6.96. The average Bonchev–Trinajstić information content (AvgIpc) is 2.78. The Morgan fingerprint density at radius 3 is 2.65 bits per heavy atom. The van der Waals surface area contributed by atoms with E-state index in [9.17, 15) is 18.0 Å². The molecule has 0 fully saturated rings. The molecule has 0 spiro atoms. The summed E-state index contributed by atoms with van der Waals surface area (Å²) < 4.78 is 49.3. The number of carbonyl (C=O) groups excluding carboxylic acids is 1. The highest BCUT2D eigenvalue weighted by atomic mass is 19.3. The standard InChI is InChI=1S/C22H24F3N3O3/c1-21(2)12-22(3,28-19(26)11-30-21)15-8-13(4-6-16(15)23)9-18(29)17-7-5-14(10-27-17)31-20(24)25/h4-8,10,20H,9,11-12H2,1-3H3,(H2,26,28)/t22-/m0/s1. The van der Waals surface area contributed by atoms with Crippen molar-refractivity contribution in [3.8, 4) is 5.75 Å². The van der Waals surface area contributed by atoms with Gasteiger partial charge in [-0.1, -0.05) is 6.07 Å². The van der Waals surface area contributed by atoms with E-state index >= 15 is 0 Å². The lowest BCUT2D eigenvalue weighted by Crippen LogP contribution is -2.33. The van der Waals surface area contributed by atoms with E-state index < -0.39 is 23.6 Å². The molecule has 2 N–H and O–H groups in total. The van der Waals surface area contributed by atoms with Crippen LogP contribution in [0.5, 0.6) is 5.75 Å². The van der Waals surface area contributed by atoms with Crippen molar-refractivity contribution < 1.29 is 27.4 Å². The van der Waals surface area contributed by atoms with Crippen LogP contribution in [0.4, 0.5) is 13.2 Å². The molecule has 31 heavy (non-hydrogen) atoms. The molecule has 1 aliphatic rings. The Morgan fingerprint density at radius 2 is 2.00 bits per heavy atom. The minimum absolute atomic E-state index is 0.0511. The SMILES string of the molecule is CC1(C)C[C@@](C)(c2cc(CC(=O)c3ccc(OC(F)F)cn3)ccc2F)N=C(N)CO1. The number of hydrogen-bond donors (Lipinski definition) is 1. The van der Waals surface area contributed by atoms with Crippen molar-refractivity contribution in [1.82, 2.24) is 4.98 Å². The van der Waals surface area contributed by atoms with E-state index in [-0.39, 0.29) is 36.1 Å². The van der Waals surface area contributed by atoms with Crippen molar-refractivity contribution in [2.24, 2.45) is 10.7 Å². The fraction of sp³-hybridized carbons (Fsp3) is 0.409. The predicted molar refractivity (Wildman–Crippen MR) is 109 cm³/mol. The van der Waals surface area contributed by atoms with Crippen LogP contribution >= 0.6 is 0 Å². The number of nitrogens with two attached hydrogens (primary N) is 1. The molecule has 1 aromatic carbocycles. The van der Waals surface area contributed by atoms with Gasteiger partial charge in [0.05, 0.1) is 17.3 Å². The predicted octanol–water partition coefficient (Wildman–Crippen LogP) is 4.02. The van der Waals surface area contributed by atoms with Crippen LogP contribution < -0.4 is 10.5 Å². The minimum Gasteiger partial charge on any atom is -0.433 e. The van der Waals surface area contributed by atoms with Crippen LogP contribution in [0.3, 0.4) is 0 Å². The quantitative estimate of drug-likeness (QED) is 0.693. The summed E-state index contributed by atoms with van der Waals surface area (Å²) in [6.07, 6.45) is 1.40. The van der Waals surface area contributed by atoms with Crippen LogP contribution in [0.25, 0.3) is 0 Å². The van der Waals surface area contributed by atoms with Crippen LogP contribution in [-0.4, -0.2) is 35.4 Å². The molecule has 9 heteroatoms. The number of ketones is 1. The van der Waals surface area contributed by atoms with Gasteiger partial charge in [-0.2, -0.15) is 8.78 Å². The number of alkyl halides is 2. The van der Waals surface area contributed by atoms with Crippen molar-refractivity contribution in [1.29, 1.82) is 0 Å². The number of halogens is 3. The third-order valence-electron chi connectivity index (χ3n) is 4.99. The lowest BCUT2D eigenvalue weighted by atomic mass is 9.81. The van der Waals surface area contributed by atoms with Gasteiger partial charge in [0.2, 0.25) is 0 Å². The summed E-state index contributed by atoms with van der Waals surface area (Å²) in [6.45, 7) is 2.73. The third-order valence-corrected chi connectivity index (χ3v) is 4.99. The van der Waals surface area contributed by atoms with Gasteiger partial charge >= 0.3 is 6.61 Å². The highest BCUT2D eigenvalue weighted by Gasteiger charge is 2.39. The second-order valence-corrected chi connectivity index (χ2v) is 8.27. The number of rotatable bonds is 6. The van der Waals surface area contributed by atoms with Crippen molar-refractivity contribution in [3.05, 3.63) is 59.2 Å². The highest BCUT2D eigenvalue weighted by Crippen LogP contribution is 2.39. The highest BCUT2D eigenvalue weighted by molar-refractivity contribution is 5.95. The molecule has 0 amide bonds. The second-order valence-electron chi connectivity index (χ2n) is 8.27. The summed E-state index contributed by atoms with van der Waals surface area (Å²) in [5, 5.41) is 0. The Labute approximate surface area is 178 Å². The van der Waals surface area contributed by atoms with E-state index in [0.717, 1.165) is 6.20 Å². The molecule has 0 saturated heterocycles. The molecular weight excluding hydrogens is 411 g/mol. The third kappa shape index (κ3) is 5.61. The van der Waals surface area contributed by atoms with Crippen LogP contribution in [0.1, 0.15) is 48.8 Å². The maximum Gasteiger partial charge on any atom is 0.387 e. The maximum atomic E-state index is 14.8. The van der Waals surface area contributed by atoms with Gasteiger partial charge < -0.3 is 15.2 Å². The molecule has 166 valence electrons. The zero-order valence-electron chi connectivity index (χ0n) is 17.5. The van der Waals surface area contributed by atoms with Crippen molar-refractivity contribution >= 4 is 11.6 Å². The fourth-order valence-electron chi connectivity index (χ4n) is 3.78. The summed E-state index contributed by atoms with van der Waals surface area (Å²) >= 11 is 0. The molecular formula is C22H24F3N3O3. The van der Waals surface area contributed by atoms with E-state index in [0.29, 0.717) is 17.5 Å². The molecule has 0 aliphatic carbocycles. The van der Waals surface area contributed by atoms with E-state index in [4.69, 9.17) is 10.5 Å². The van der Waals surface area contributed by atoms with Gasteiger partial charge in [-0.25, -0.2) is 9.37 Å². The van der Waals surface area contributed by atoms with Crippen LogP contribution in [0, 0.1) is 5.82 Å². The Hall–Kier alpha value is -2.94. The van der Waals surface area contributed by atoms with Crippen molar-refractivity contribution in [3.63, 3.8) is 0 Å². The molecule has 0 radical (unpaired) electrons. The van der Waals surface area contributed by atoms with E-state index in [1.54, 1.807) is 13.0 Å². The Kier molecular flexibility index (Phi) is 6.35. The number of hydrogen-bond acceptors (Lipinski definition) is 6. The van der Waals surface area contributed by atoms with Gasteiger partial charge in [-0.05, 0) is 50.6 Å². The minimum atomic E-state index is -2.97. The Bertz CT molecular complexity index is 993. The lowest BCUT2D eigenvalue weighted by molar-refractivity contribution is -0.0500. The first-order valence-electron chi connectivity index (χ1n) is 9.69. The molecule has 2 aromatic rings. The van der Waals surface area contributed by atoms with Gasteiger partial charge in [0, 0.05) is 18.4 Å². The van der Waals surface area contributed by atoms with Crippen molar-refractivity contribution in [2.45, 2.75) is 51.4 Å². The van der Waals surface area contributed by atoms with Gasteiger partial charge in [0.1, 0.15) is 29.7 Å². The largest absolute Gasteiger partial charge is 0.433 e. The molecule has 3 rings (SSSR count). The van der Waals surface area contributed by atoms with Crippen LogP contribution in [0.15, 0.2) is 41.5 Å². The number of ether oxygens (including phenoxy) is 2. The molecule has 1 atom stereocenters. The van der Waals surface area contributed by atoms with E-state index in [1.807, 2.05) is 13.8 Å². The van der Waals surface area contributed by atoms with Gasteiger partial charge in [0.15, 0.2) is 5.78 Å². The smallest absolute Gasteiger partial charge is 0.387 e. The number of aliphatic imine (C=N–C) groups is 1. The van der Waals surface area contributed by atoms with Gasteiger partial charge in [0.25, 0.3) is 0 Å². The van der Waals surface area contributed by atoms with Crippen LogP contribution in [0.2, 0.25) is 0 Å². The number of pyridine rings is 1. The van der Waals surface area contributed by atoms with E-state index in [1.165, 1.54) is 24.3 Å². The number of amidine groups is 1. The number of Topliss-reactive ketones (excluding diaryl/α,β-unsaturated/α-hetero) is 1. The zero-order chi connectivity index (χ0) is 22.8.